The number of nitrogens with zero attached hydrogens (tertiary/aromatic N) is 1. The van der Waals surface area contributed by atoms with Gasteiger partial charge in [-0.3, -0.25) is 14.4 Å². The SMILES string of the molecule is CCOC(=O)CC(Cc1cccc(N=C(N)N)c1)C(=O)C(NC(=O)c1ccccc1)C(C)C. The van der Waals surface area contributed by atoms with Crippen LogP contribution >= 0.6 is 0 Å². The van der Waals surface area contributed by atoms with Crippen molar-refractivity contribution in [2.45, 2.75) is 39.7 Å². The number of hydrogen-bond acceptors (Lipinski definition) is 5. The van der Waals surface area contributed by atoms with E-state index in [1.54, 1.807) is 49.4 Å². The van der Waals surface area contributed by atoms with Gasteiger partial charge in [0.1, 0.15) is 0 Å². The molecule has 1 amide bonds. The fourth-order valence-electron chi connectivity index (χ4n) is 3.52. The van der Waals surface area contributed by atoms with E-state index in [-0.39, 0.29) is 43.0 Å². The van der Waals surface area contributed by atoms with Crippen molar-refractivity contribution in [3.05, 3.63) is 65.7 Å². The third kappa shape index (κ3) is 8.07. The first-order chi connectivity index (χ1) is 15.7. The Labute approximate surface area is 194 Å². The van der Waals surface area contributed by atoms with Gasteiger partial charge in [-0.25, -0.2) is 4.99 Å². The first-order valence-electron chi connectivity index (χ1n) is 10.9. The molecule has 5 N–H and O–H groups in total. The van der Waals surface area contributed by atoms with E-state index in [1.165, 1.54) is 0 Å². The summed E-state index contributed by atoms with van der Waals surface area (Å²) in [6.07, 6.45) is 0.180. The number of benzene rings is 2. The van der Waals surface area contributed by atoms with Gasteiger partial charge < -0.3 is 21.5 Å². The normalized spacial score (nSPS) is 12.5. The van der Waals surface area contributed by atoms with Crippen LogP contribution in [0.25, 0.3) is 0 Å². The topological polar surface area (TPSA) is 137 Å². The Hall–Kier alpha value is -3.68. The van der Waals surface area contributed by atoms with Gasteiger partial charge in [0.05, 0.1) is 24.8 Å². The predicted molar refractivity (Wildman–Crippen MR) is 128 cm³/mol. The van der Waals surface area contributed by atoms with E-state index in [2.05, 4.69) is 10.3 Å². The van der Waals surface area contributed by atoms with Crippen molar-refractivity contribution in [2.75, 3.05) is 6.61 Å². The Morgan fingerprint density at radius 1 is 1.03 bits per heavy atom. The summed E-state index contributed by atoms with van der Waals surface area (Å²) < 4.78 is 5.09. The molecule has 0 saturated carbocycles. The quantitative estimate of drug-likeness (QED) is 0.272. The summed E-state index contributed by atoms with van der Waals surface area (Å²) in [6.45, 7) is 5.64. The minimum atomic E-state index is -0.766. The molecule has 0 aliphatic heterocycles. The van der Waals surface area contributed by atoms with Gasteiger partial charge in [-0.2, -0.15) is 0 Å². The number of guanidine groups is 1. The number of rotatable bonds is 11. The van der Waals surface area contributed by atoms with Gasteiger partial charge in [-0.05, 0) is 49.1 Å². The minimum Gasteiger partial charge on any atom is -0.466 e. The standard InChI is InChI=1S/C25H32N4O4/c1-4-33-21(30)15-19(13-17-9-8-12-20(14-17)28-25(26)27)23(31)22(16(2)3)29-24(32)18-10-6-5-7-11-18/h5-12,14,16,19,22H,4,13,15H2,1-3H3,(H,29,32)(H4,26,27,28). The number of ketones is 1. The molecule has 2 aromatic rings. The van der Waals surface area contributed by atoms with Crippen LogP contribution in [0.15, 0.2) is 59.6 Å². The van der Waals surface area contributed by atoms with Crippen LogP contribution in [0.1, 0.15) is 43.1 Å². The van der Waals surface area contributed by atoms with Crippen molar-refractivity contribution < 1.29 is 19.1 Å². The van der Waals surface area contributed by atoms with E-state index in [4.69, 9.17) is 16.2 Å². The van der Waals surface area contributed by atoms with Crippen LogP contribution in [-0.4, -0.2) is 36.3 Å². The predicted octanol–water partition coefficient (Wildman–Crippen LogP) is 2.73. The van der Waals surface area contributed by atoms with Crippen LogP contribution in [0, 0.1) is 11.8 Å². The number of aliphatic imine (C=N–C) groups is 1. The second kappa shape index (κ2) is 12.4. The molecular formula is C25H32N4O4. The molecule has 0 bridgehead atoms. The summed E-state index contributed by atoms with van der Waals surface area (Å²) in [5, 5.41) is 2.85. The minimum absolute atomic E-state index is 0.0743. The maximum absolute atomic E-state index is 13.6. The first kappa shape index (κ1) is 25.6. The third-order valence-electron chi connectivity index (χ3n) is 5.07. The van der Waals surface area contributed by atoms with Gasteiger partial charge >= 0.3 is 5.97 Å². The number of hydrogen-bond donors (Lipinski definition) is 3. The number of ether oxygens (including phenoxy) is 1. The van der Waals surface area contributed by atoms with Crippen molar-refractivity contribution in [2.24, 2.45) is 28.3 Å². The van der Waals surface area contributed by atoms with Crippen LogP contribution in [0.2, 0.25) is 0 Å². The molecule has 176 valence electrons. The van der Waals surface area contributed by atoms with Gasteiger partial charge in [-0.1, -0.05) is 44.2 Å². The highest BCUT2D eigenvalue weighted by atomic mass is 16.5. The molecule has 0 saturated heterocycles. The largest absolute Gasteiger partial charge is 0.466 e. The third-order valence-corrected chi connectivity index (χ3v) is 5.07. The van der Waals surface area contributed by atoms with E-state index in [1.807, 2.05) is 26.0 Å². The van der Waals surface area contributed by atoms with E-state index in [0.29, 0.717) is 11.3 Å². The fraction of sp³-hybridized carbons (Fsp3) is 0.360. The molecule has 0 spiro atoms. The van der Waals surface area contributed by atoms with Crippen LogP contribution in [0.4, 0.5) is 5.69 Å². The van der Waals surface area contributed by atoms with Crippen LogP contribution < -0.4 is 16.8 Å². The molecule has 0 fully saturated rings. The fourth-order valence-corrected chi connectivity index (χ4v) is 3.52. The summed E-state index contributed by atoms with van der Waals surface area (Å²) in [5.41, 5.74) is 12.7. The lowest BCUT2D eigenvalue weighted by Crippen LogP contribution is -2.47. The number of amides is 1. The van der Waals surface area contributed by atoms with Gasteiger partial charge in [0.15, 0.2) is 11.7 Å². The monoisotopic (exact) mass is 452 g/mol. The molecule has 0 aliphatic rings. The maximum Gasteiger partial charge on any atom is 0.306 e. The van der Waals surface area contributed by atoms with Gasteiger partial charge in [0.2, 0.25) is 0 Å². The zero-order chi connectivity index (χ0) is 24.4. The number of Topliss-reactive ketones (excluding diaryl/α,β-unsaturated/α-hetero) is 1. The molecule has 8 nitrogen and oxygen atoms in total. The molecule has 0 radical (unpaired) electrons. The molecule has 0 aliphatic carbocycles. The van der Waals surface area contributed by atoms with Crippen LogP contribution in [0.5, 0.6) is 0 Å². The lowest BCUT2D eigenvalue weighted by atomic mass is 9.84. The van der Waals surface area contributed by atoms with Gasteiger partial charge in [0, 0.05) is 11.5 Å². The highest BCUT2D eigenvalue weighted by Crippen LogP contribution is 2.22. The zero-order valence-corrected chi connectivity index (χ0v) is 19.3. The molecule has 2 atom stereocenters. The Kier molecular flexibility index (Phi) is 9.60. The second-order valence-corrected chi connectivity index (χ2v) is 8.08. The Balaban J connectivity index is 2.29. The van der Waals surface area contributed by atoms with Crippen molar-refractivity contribution in [3.8, 4) is 0 Å². The van der Waals surface area contributed by atoms with E-state index < -0.39 is 17.9 Å². The summed E-state index contributed by atoms with van der Waals surface area (Å²) in [7, 11) is 0. The van der Waals surface area contributed by atoms with Crippen molar-refractivity contribution in [1.82, 2.24) is 5.32 Å². The molecular weight excluding hydrogens is 420 g/mol. The molecule has 33 heavy (non-hydrogen) atoms. The van der Waals surface area contributed by atoms with Crippen LogP contribution in [0.3, 0.4) is 0 Å². The molecule has 0 aromatic heterocycles. The number of nitrogens with two attached hydrogens (primary N) is 2. The lowest BCUT2D eigenvalue weighted by Gasteiger charge is -2.26. The summed E-state index contributed by atoms with van der Waals surface area (Å²) in [4.78, 5) is 42.6. The maximum atomic E-state index is 13.6. The Morgan fingerprint density at radius 2 is 1.73 bits per heavy atom. The van der Waals surface area contributed by atoms with E-state index in [0.717, 1.165) is 5.56 Å². The Morgan fingerprint density at radius 3 is 2.33 bits per heavy atom. The van der Waals surface area contributed by atoms with Gasteiger partial charge in [-0.15, -0.1) is 0 Å². The highest BCUT2D eigenvalue weighted by molar-refractivity contribution is 5.99. The smallest absolute Gasteiger partial charge is 0.306 e. The molecule has 2 rings (SSSR count). The number of nitrogens with one attached hydrogen (secondary N) is 1. The van der Waals surface area contributed by atoms with Crippen molar-refractivity contribution in [3.63, 3.8) is 0 Å². The average molecular weight is 453 g/mol. The van der Waals surface area contributed by atoms with Crippen molar-refractivity contribution >= 4 is 29.3 Å². The number of carbonyl (C=O) groups excluding carboxylic acids is 3. The summed E-state index contributed by atoms with van der Waals surface area (Å²) in [6, 6.07) is 15.0. The van der Waals surface area contributed by atoms with Crippen molar-refractivity contribution in [1.29, 1.82) is 0 Å². The molecule has 8 heteroatoms. The summed E-state index contributed by atoms with van der Waals surface area (Å²) >= 11 is 0. The van der Waals surface area contributed by atoms with Crippen LogP contribution in [-0.2, 0) is 20.7 Å². The molecule has 2 aromatic carbocycles. The second-order valence-electron chi connectivity index (χ2n) is 8.08. The number of esters is 1. The van der Waals surface area contributed by atoms with E-state index >= 15 is 0 Å². The Bertz CT molecular complexity index is 985. The molecule has 2 unspecified atom stereocenters. The first-order valence-corrected chi connectivity index (χ1v) is 10.9. The zero-order valence-electron chi connectivity index (χ0n) is 19.3. The van der Waals surface area contributed by atoms with Gasteiger partial charge in [0.25, 0.3) is 5.91 Å². The number of carbonyl (C=O) groups is 3. The summed E-state index contributed by atoms with van der Waals surface area (Å²) in [5.74, 6) is -1.98. The highest BCUT2D eigenvalue weighted by Gasteiger charge is 2.32. The van der Waals surface area contributed by atoms with E-state index in [9.17, 15) is 14.4 Å². The molecule has 0 heterocycles. The lowest BCUT2D eigenvalue weighted by molar-refractivity contribution is -0.146. The average Bonchev–Trinajstić information content (AvgIpc) is 2.76.